The van der Waals surface area contributed by atoms with Crippen LogP contribution in [0.15, 0.2) is 0 Å². The molecule has 2 atom stereocenters. The third-order valence-corrected chi connectivity index (χ3v) is 5.37. The van der Waals surface area contributed by atoms with Gasteiger partial charge < -0.3 is 15.4 Å². The van der Waals surface area contributed by atoms with Gasteiger partial charge in [0.25, 0.3) is 0 Å². The minimum atomic E-state index is -0.739. The van der Waals surface area contributed by atoms with Gasteiger partial charge >= 0.3 is 6.09 Å². The lowest BCUT2D eigenvalue weighted by Crippen LogP contribution is -2.44. The molecule has 5 nitrogen and oxygen atoms in total. The van der Waals surface area contributed by atoms with Gasteiger partial charge in [-0.2, -0.15) is 0 Å². The van der Waals surface area contributed by atoms with Crippen LogP contribution < -0.4 is 10.6 Å². The Morgan fingerprint density at radius 1 is 1.23 bits per heavy atom. The highest BCUT2D eigenvalue weighted by molar-refractivity contribution is 7.84. The minimum absolute atomic E-state index is 0.218. The maximum Gasteiger partial charge on any atom is 0.407 e. The molecule has 0 bridgehead atoms. The number of hydrogen-bond donors (Lipinski definition) is 2. The van der Waals surface area contributed by atoms with E-state index in [0.717, 1.165) is 38.6 Å². The zero-order chi connectivity index (χ0) is 16.8. The first kappa shape index (κ1) is 19.4. The first-order chi connectivity index (χ1) is 10.2. The van der Waals surface area contributed by atoms with E-state index in [0.29, 0.717) is 6.04 Å². The summed E-state index contributed by atoms with van der Waals surface area (Å²) >= 11 is 0. The maximum absolute atomic E-state index is 11.7. The van der Waals surface area contributed by atoms with E-state index in [2.05, 4.69) is 10.6 Å². The second-order valence-electron chi connectivity index (χ2n) is 7.25. The molecule has 1 rings (SSSR count). The van der Waals surface area contributed by atoms with Crippen LogP contribution in [0.2, 0.25) is 0 Å². The summed E-state index contributed by atoms with van der Waals surface area (Å²) < 4.78 is 16.6. The standard InChI is InChI=1S/C16H32N2O3S/c1-12(22(5)20)10-11-17-13-6-8-14(9-7-13)18-15(19)21-16(2,3)4/h12-14,17H,6-11H2,1-5H3,(H,18,19). The summed E-state index contributed by atoms with van der Waals surface area (Å²) in [5, 5.41) is 6.74. The van der Waals surface area contributed by atoms with Crippen LogP contribution in [0.4, 0.5) is 4.79 Å². The minimum Gasteiger partial charge on any atom is -0.444 e. The quantitative estimate of drug-likeness (QED) is 0.784. The first-order valence-electron chi connectivity index (χ1n) is 8.22. The van der Waals surface area contributed by atoms with E-state index in [1.165, 1.54) is 0 Å². The van der Waals surface area contributed by atoms with Crippen LogP contribution in [-0.2, 0) is 15.5 Å². The predicted molar refractivity (Wildman–Crippen MR) is 91.6 cm³/mol. The normalized spacial score (nSPS) is 25.3. The van der Waals surface area contributed by atoms with E-state index in [1.807, 2.05) is 27.7 Å². The fraction of sp³-hybridized carbons (Fsp3) is 0.938. The monoisotopic (exact) mass is 332 g/mol. The summed E-state index contributed by atoms with van der Waals surface area (Å²) in [5.41, 5.74) is -0.446. The van der Waals surface area contributed by atoms with Crippen molar-refractivity contribution in [2.45, 2.75) is 82.7 Å². The van der Waals surface area contributed by atoms with Crippen LogP contribution >= 0.6 is 0 Å². The second-order valence-corrected chi connectivity index (χ2v) is 9.05. The molecule has 0 aromatic carbocycles. The number of amides is 1. The van der Waals surface area contributed by atoms with Gasteiger partial charge in [-0.25, -0.2) is 4.79 Å². The van der Waals surface area contributed by atoms with Crippen molar-refractivity contribution in [1.29, 1.82) is 0 Å². The van der Waals surface area contributed by atoms with Crippen molar-refractivity contribution in [3.05, 3.63) is 0 Å². The lowest BCUT2D eigenvalue weighted by Gasteiger charge is -2.30. The molecule has 0 heterocycles. The highest BCUT2D eigenvalue weighted by Gasteiger charge is 2.24. The molecule has 2 unspecified atom stereocenters. The fourth-order valence-corrected chi connectivity index (χ4v) is 3.02. The number of ether oxygens (including phenoxy) is 1. The molecule has 0 aliphatic heterocycles. The molecule has 22 heavy (non-hydrogen) atoms. The molecule has 1 aliphatic carbocycles. The lowest BCUT2D eigenvalue weighted by molar-refractivity contribution is 0.0490. The maximum atomic E-state index is 11.7. The summed E-state index contributed by atoms with van der Waals surface area (Å²) in [5.74, 6) is 0. The molecule has 0 saturated heterocycles. The highest BCUT2D eigenvalue weighted by Crippen LogP contribution is 2.19. The van der Waals surface area contributed by atoms with Crippen molar-refractivity contribution in [1.82, 2.24) is 10.6 Å². The van der Waals surface area contributed by atoms with E-state index in [1.54, 1.807) is 6.26 Å². The van der Waals surface area contributed by atoms with Crippen molar-refractivity contribution in [3.63, 3.8) is 0 Å². The number of carbonyl (C=O) groups is 1. The van der Waals surface area contributed by atoms with E-state index < -0.39 is 16.4 Å². The van der Waals surface area contributed by atoms with Gasteiger partial charge in [-0.1, -0.05) is 6.92 Å². The summed E-state index contributed by atoms with van der Waals surface area (Å²) in [6.07, 6.45) is 6.47. The van der Waals surface area contributed by atoms with E-state index in [9.17, 15) is 9.00 Å². The Morgan fingerprint density at radius 3 is 2.27 bits per heavy atom. The third kappa shape index (κ3) is 8.13. The van der Waals surface area contributed by atoms with Gasteiger partial charge in [-0.15, -0.1) is 0 Å². The topological polar surface area (TPSA) is 67.4 Å². The van der Waals surface area contributed by atoms with Crippen molar-refractivity contribution in [2.75, 3.05) is 12.8 Å². The number of carbonyl (C=O) groups excluding carboxylic acids is 1. The van der Waals surface area contributed by atoms with Gasteiger partial charge in [0.2, 0.25) is 0 Å². The molecular formula is C16H32N2O3S. The summed E-state index contributed by atoms with van der Waals surface area (Å²) in [6.45, 7) is 8.56. The molecule has 0 aromatic heterocycles. The Balaban J connectivity index is 2.18. The van der Waals surface area contributed by atoms with Crippen molar-refractivity contribution < 1.29 is 13.7 Å². The Kier molecular flexibility index (Phi) is 7.83. The van der Waals surface area contributed by atoms with Crippen LogP contribution in [0.1, 0.15) is 59.8 Å². The largest absolute Gasteiger partial charge is 0.444 e. The summed E-state index contributed by atoms with van der Waals surface area (Å²) in [4.78, 5) is 11.7. The SMILES string of the molecule is CC(CCNC1CCC(NC(=O)OC(C)(C)C)CC1)S(C)=O. The summed E-state index contributed by atoms with van der Waals surface area (Å²) in [7, 11) is -0.739. The Bertz CT molecular complexity index is 374. The van der Waals surface area contributed by atoms with Gasteiger partial charge in [0.05, 0.1) is 0 Å². The molecule has 130 valence electrons. The van der Waals surface area contributed by atoms with Gasteiger partial charge in [0, 0.05) is 34.4 Å². The number of nitrogens with one attached hydrogen (secondary N) is 2. The molecule has 0 aromatic rings. The van der Waals surface area contributed by atoms with E-state index in [4.69, 9.17) is 4.74 Å². The average molecular weight is 333 g/mol. The molecule has 1 fully saturated rings. The van der Waals surface area contributed by atoms with Crippen molar-refractivity contribution in [2.24, 2.45) is 0 Å². The van der Waals surface area contributed by atoms with Gasteiger partial charge in [-0.3, -0.25) is 4.21 Å². The first-order valence-corrected chi connectivity index (χ1v) is 9.84. The Hall–Kier alpha value is -0.620. The second kappa shape index (κ2) is 8.87. The van der Waals surface area contributed by atoms with Crippen LogP contribution in [0.3, 0.4) is 0 Å². The van der Waals surface area contributed by atoms with Crippen LogP contribution in [0, 0.1) is 0 Å². The molecule has 0 radical (unpaired) electrons. The Labute approximate surface area is 137 Å². The molecule has 6 heteroatoms. The zero-order valence-corrected chi connectivity index (χ0v) is 15.4. The molecular weight excluding hydrogens is 300 g/mol. The molecule has 1 aliphatic rings. The average Bonchev–Trinajstić information content (AvgIpc) is 2.38. The number of rotatable bonds is 6. The fourth-order valence-electron chi connectivity index (χ4n) is 2.57. The Morgan fingerprint density at radius 2 is 1.77 bits per heavy atom. The van der Waals surface area contributed by atoms with Gasteiger partial charge in [0.1, 0.15) is 5.60 Å². The third-order valence-electron chi connectivity index (χ3n) is 4.00. The van der Waals surface area contributed by atoms with E-state index >= 15 is 0 Å². The van der Waals surface area contributed by atoms with Crippen molar-refractivity contribution >= 4 is 16.9 Å². The zero-order valence-electron chi connectivity index (χ0n) is 14.6. The molecule has 2 N–H and O–H groups in total. The molecule has 1 amide bonds. The van der Waals surface area contributed by atoms with Crippen molar-refractivity contribution in [3.8, 4) is 0 Å². The van der Waals surface area contributed by atoms with Crippen LogP contribution in [0.5, 0.6) is 0 Å². The molecule has 1 saturated carbocycles. The van der Waals surface area contributed by atoms with Crippen LogP contribution in [0.25, 0.3) is 0 Å². The highest BCUT2D eigenvalue weighted by atomic mass is 32.2. The van der Waals surface area contributed by atoms with Gasteiger partial charge in [-0.05, 0) is 59.4 Å². The number of hydrogen-bond acceptors (Lipinski definition) is 4. The summed E-state index contributed by atoms with van der Waals surface area (Å²) in [6, 6.07) is 0.726. The van der Waals surface area contributed by atoms with E-state index in [-0.39, 0.29) is 17.4 Å². The predicted octanol–water partition coefficient (Wildman–Crippen LogP) is 2.57. The van der Waals surface area contributed by atoms with Crippen LogP contribution in [-0.4, -0.2) is 46.0 Å². The van der Waals surface area contributed by atoms with Gasteiger partial charge in [0.15, 0.2) is 0 Å². The lowest BCUT2D eigenvalue weighted by atomic mass is 9.91. The smallest absolute Gasteiger partial charge is 0.407 e. The molecule has 0 spiro atoms. The number of alkyl carbamates (subject to hydrolysis) is 1.